The third kappa shape index (κ3) is 2.28. The standard InChI is InChI=1S/C14H16N2O/c1-3-9-16-10-8-15-14(16)13-7-5-4-6-12(13)11(2)17/h4-8,10H,3,9H2,1-2H3. The van der Waals surface area contributed by atoms with Crippen LogP contribution >= 0.6 is 0 Å². The summed E-state index contributed by atoms with van der Waals surface area (Å²) >= 11 is 0. The molecule has 0 unspecified atom stereocenters. The molecule has 0 radical (unpaired) electrons. The maximum absolute atomic E-state index is 11.6. The van der Waals surface area contributed by atoms with Gasteiger partial charge in [-0.25, -0.2) is 4.98 Å². The summed E-state index contributed by atoms with van der Waals surface area (Å²) in [5, 5.41) is 0. The van der Waals surface area contributed by atoms with Crippen LogP contribution in [0.2, 0.25) is 0 Å². The van der Waals surface area contributed by atoms with E-state index in [0.29, 0.717) is 0 Å². The smallest absolute Gasteiger partial charge is 0.160 e. The number of aromatic nitrogens is 2. The summed E-state index contributed by atoms with van der Waals surface area (Å²) in [4.78, 5) is 16.0. The molecular weight excluding hydrogens is 212 g/mol. The van der Waals surface area contributed by atoms with Gasteiger partial charge in [0.05, 0.1) is 0 Å². The van der Waals surface area contributed by atoms with Gasteiger partial charge in [0.2, 0.25) is 0 Å². The summed E-state index contributed by atoms with van der Waals surface area (Å²) < 4.78 is 2.09. The lowest BCUT2D eigenvalue weighted by molar-refractivity contribution is 0.101. The summed E-state index contributed by atoms with van der Waals surface area (Å²) in [6, 6.07) is 7.62. The summed E-state index contributed by atoms with van der Waals surface area (Å²) in [5.41, 5.74) is 1.65. The second-order valence-corrected chi connectivity index (χ2v) is 4.05. The Morgan fingerprint density at radius 1 is 1.35 bits per heavy atom. The van der Waals surface area contributed by atoms with Crippen LogP contribution in [0.4, 0.5) is 0 Å². The molecule has 0 atom stereocenters. The van der Waals surface area contributed by atoms with Gasteiger partial charge in [0, 0.05) is 30.1 Å². The zero-order valence-electron chi connectivity index (χ0n) is 10.2. The van der Waals surface area contributed by atoms with Gasteiger partial charge in [-0.05, 0) is 13.3 Å². The molecule has 1 heterocycles. The second-order valence-electron chi connectivity index (χ2n) is 4.05. The SMILES string of the molecule is CCCn1ccnc1-c1ccccc1C(C)=O. The number of nitrogens with zero attached hydrogens (tertiary/aromatic N) is 2. The Balaban J connectivity index is 2.52. The highest BCUT2D eigenvalue weighted by molar-refractivity contribution is 6.00. The normalized spacial score (nSPS) is 10.5. The zero-order valence-corrected chi connectivity index (χ0v) is 10.2. The molecule has 0 bridgehead atoms. The molecule has 1 aromatic heterocycles. The number of Topliss-reactive ketones (excluding diaryl/α,β-unsaturated/α-hetero) is 1. The first-order valence-electron chi connectivity index (χ1n) is 5.85. The van der Waals surface area contributed by atoms with Gasteiger partial charge < -0.3 is 4.57 Å². The summed E-state index contributed by atoms with van der Waals surface area (Å²) in [6.45, 7) is 4.63. The molecular formula is C14H16N2O. The largest absolute Gasteiger partial charge is 0.331 e. The molecule has 1 aromatic carbocycles. The van der Waals surface area contributed by atoms with E-state index >= 15 is 0 Å². The van der Waals surface area contributed by atoms with Gasteiger partial charge in [0.25, 0.3) is 0 Å². The summed E-state index contributed by atoms with van der Waals surface area (Å²) in [7, 11) is 0. The number of hydrogen-bond donors (Lipinski definition) is 0. The van der Waals surface area contributed by atoms with Crippen molar-refractivity contribution in [2.75, 3.05) is 0 Å². The number of carbonyl (C=O) groups excluding carboxylic acids is 1. The van der Waals surface area contributed by atoms with E-state index in [2.05, 4.69) is 16.5 Å². The molecule has 2 rings (SSSR count). The maximum atomic E-state index is 11.6. The van der Waals surface area contributed by atoms with Crippen molar-refractivity contribution in [2.45, 2.75) is 26.8 Å². The Hall–Kier alpha value is -1.90. The number of rotatable bonds is 4. The maximum Gasteiger partial charge on any atom is 0.160 e. The number of imidazole rings is 1. The van der Waals surface area contributed by atoms with Crippen LogP contribution < -0.4 is 0 Å². The Morgan fingerprint density at radius 3 is 2.82 bits per heavy atom. The first-order valence-corrected chi connectivity index (χ1v) is 5.85. The highest BCUT2D eigenvalue weighted by atomic mass is 16.1. The van der Waals surface area contributed by atoms with Crippen molar-refractivity contribution in [1.29, 1.82) is 0 Å². The Morgan fingerprint density at radius 2 is 2.12 bits per heavy atom. The first-order chi connectivity index (χ1) is 8.24. The van der Waals surface area contributed by atoms with E-state index in [1.165, 1.54) is 0 Å². The van der Waals surface area contributed by atoms with Crippen LogP contribution in [0.1, 0.15) is 30.6 Å². The van der Waals surface area contributed by atoms with Crippen LogP contribution in [0.25, 0.3) is 11.4 Å². The lowest BCUT2D eigenvalue weighted by atomic mass is 10.0. The van der Waals surface area contributed by atoms with Crippen molar-refractivity contribution in [3.05, 3.63) is 42.2 Å². The minimum Gasteiger partial charge on any atom is -0.331 e. The third-order valence-electron chi connectivity index (χ3n) is 2.73. The molecule has 88 valence electrons. The van der Waals surface area contributed by atoms with Gasteiger partial charge in [-0.3, -0.25) is 4.79 Å². The summed E-state index contributed by atoms with van der Waals surface area (Å²) in [5.74, 6) is 0.948. The summed E-state index contributed by atoms with van der Waals surface area (Å²) in [6.07, 6.45) is 4.78. The molecule has 0 aliphatic heterocycles. The van der Waals surface area contributed by atoms with Gasteiger partial charge in [-0.15, -0.1) is 0 Å². The van der Waals surface area contributed by atoms with Gasteiger partial charge in [0.15, 0.2) is 5.78 Å². The van der Waals surface area contributed by atoms with Crippen LogP contribution in [-0.4, -0.2) is 15.3 Å². The van der Waals surface area contributed by atoms with Crippen LogP contribution in [0.5, 0.6) is 0 Å². The van der Waals surface area contributed by atoms with Crippen molar-refractivity contribution < 1.29 is 4.79 Å². The number of carbonyl (C=O) groups is 1. The topological polar surface area (TPSA) is 34.9 Å². The van der Waals surface area contributed by atoms with Crippen molar-refractivity contribution >= 4 is 5.78 Å². The van der Waals surface area contributed by atoms with Crippen LogP contribution in [0, 0.1) is 0 Å². The molecule has 0 fully saturated rings. The Bertz CT molecular complexity index is 529. The molecule has 0 aliphatic carbocycles. The third-order valence-corrected chi connectivity index (χ3v) is 2.73. The van der Waals surface area contributed by atoms with Gasteiger partial charge in [-0.1, -0.05) is 31.2 Å². The van der Waals surface area contributed by atoms with Crippen LogP contribution in [0.3, 0.4) is 0 Å². The van der Waals surface area contributed by atoms with Crippen molar-refractivity contribution in [3.8, 4) is 11.4 Å². The van der Waals surface area contributed by atoms with E-state index in [1.54, 1.807) is 13.1 Å². The monoisotopic (exact) mass is 228 g/mol. The van der Waals surface area contributed by atoms with E-state index in [0.717, 1.165) is 29.9 Å². The lowest BCUT2D eigenvalue weighted by Crippen LogP contribution is -2.02. The molecule has 0 spiro atoms. The number of aryl methyl sites for hydroxylation is 1. The fourth-order valence-corrected chi connectivity index (χ4v) is 1.96. The zero-order chi connectivity index (χ0) is 12.3. The second kappa shape index (κ2) is 4.95. The molecule has 0 aliphatic rings. The Labute approximate surface area is 101 Å². The number of hydrogen-bond acceptors (Lipinski definition) is 2. The van der Waals surface area contributed by atoms with Crippen molar-refractivity contribution in [3.63, 3.8) is 0 Å². The minimum absolute atomic E-state index is 0.0756. The van der Waals surface area contributed by atoms with E-state index in [4.69, 9.17) is 0 Å². The molecule has 0 N–H and O–H groups in total. The van der Waals surface area contributed by atoms with Gasteiger partial charge in [-0.2, -0.15) is 0 Å². The number of benzene rings is 1. The molecule has 3 nitrogen and oxygen atoms in total. The van der Waals surface area contributed by atoms with Crippen molar-refractivity contribution in [1.82, 2.24) is 9.55 Å². The fraction of sp³-hybridized carbons (Fsp3) is 0.286. The van der Waals surface area contributed by atoms with Gasteiger partial charge in [0.1, 0.15) is 5.82 Å². The number of ketones is 1. The molecule has 2 aromatic rings. The van der Waals surface area contributed by atoms with E-state index < -0.39 is 0 Å². The lowest BCUT2D eigenvalue weighted by Gasteiger charge is -2.09. The average Bonchev–Trinajstić information content (AvgIpc) is 2.77. The highest BCUT2D eigenvalue weighted by Crippen LogP contribution is 2.22. The van der Waals surface area contributed by atoms with Crippen LogP contribution in [-0.2, 0) is 6.54 Å². The molecule has 0 amide bonds. The van der Waals surface area contributed by atoms with Crippen molar-refractivity contribution in [2.24, 2.45) is 0 Å². The average molecular weight is 228 g/mol. The molecule has 17 heavy (non-hydrogen) atoms. The highest BCUT2D eigenvalue weighted by Gasteiger charge is 2.12. The van der Waals surface area contributed by atoms with E-state index in [9.17, 15) is 4.79 Å². The quantitative estimate of drug-likeness (QED) is 0.753. The molecule has 0 saturated carbocycles. The first kappa shape index (κ1) is 11.6. The predicted octanol–water partition coefficient (Wildman–Crippen LogP) is 3.16. The van der Waals surface area contributed by atoms with Gasteiger partial charge >= 0.3 is 0 Å². The molecule has 3 heteroatoms. The van der Waals surface area contributed by atoms with E-state index in [-0.39, 0.29) is 5.78 Å². The Kier molecular flexibility index (Phi) is 3.38. The molecule has 0 saturated heterocycles. The fourth-order valence-electron chi connectivity index (χ4n) is 1.96. The van der Waals surface area contributed by atoms with E-state index in [1.807, 2.05) is 30.5 Å². The van der Waals surface area contributed by atoms with Crippen LogP contribution in [0.15, 0.2) is 36.7 Å². The minimum atomic E-state index is 0.0756. The predicted molar refractivity (Wildman–Crippen MR) is 68.0 cm³/mol.